The molecular weight excluding hydrogens is 755 g/mol. The van der Waals surface area contributed by atoms with Gasteiger partial charge in [-0.05, 0) is 103 Å². The lowest BCUT2D eigenvalue weighted by Gasteiger charge is -2.31. The number of hydrogen-bond acceptors (Lipinski definition) is 3. The first-order chi connectivity index (χ1) is 30.8. The monoisotopic (exact) mass is 791 g/mol. The molecule has 0 radical (unpaired) electrons. The van der Waals surface area contributed by atoms with Gasteiger partial charge < -0.3 is 14.4 Å². The van der Waals surface area contributed by atoms with Crippen molar-refractivity contribution < 1.29 is 9.47 Å². The SMILES string of the molecule is c1ccc(-c2ccc(N(c3cccc(-c4cccc5c4Oc4c(ccc6c4-c4ccccc4C64c6ccccc6-c6ccccc64)O5)c3)c3cccc4ccccc34)cc2)cc1. The van der Waals surface area contributed by atoms with Crippen LogP contribution in [0.5, 0.6) is 23.0 Å². The number of nitrogens with zero attached hydrogens (tertiary/aromatic N) is 1. The van der Waals surface area contributed by atoms with E-state index in [9.17, 15) is 0 Å². The summed E-state index contributed by atoms with van der Waals surface area (Å²) in [6.07, 6.45) is 0. The van der Waals surface area contributed by atoms with E-state index in [0.29, 0.717) is 11.5 Å². The third-order valence-corrected chi connectivity index (χ3v) is 13.1. The van der Waals surface area contributed by atoms with Crippen LogP contribution in [-0.2, 0) is 5.41 Å². The molecule has 0 aromatic heterocycles. The van der Waals surface area contributed by atoms with Crippen LogP contribution in [-0.4, -0.2) is 0 Å². The van der Waals surface area contributed by atoms with Crippen LogP contribution < -0.4 is 14.4 Å². The van der Waals surface area contributed by atoms with Gasteiger partial charge in [0.2, 0.25) is 0 Å². The highest BCUT2D eigenvalue weighted by molar-refractivity contribution is 6.00. The minimum atomic E-state index is -0.476. The summed E-state index contributed by atoms with van der Waals surface area (Å²) in [6.45, 7) is 0. The molecule has 2 aliphatic carbocycles. The average Bonchev–Trinajstić information content (AvgIpc) is 3.82. The number of ether oxygens (including phenoxy) is 2. The third kappa shape index (κ3) is 4.94. The van der Waals surface area contributed by atoms with Crippen molar-refractivity contribution in [3.05, 3.63) is 247 Å². The van der Waals surface area contributed by atoms with E-state index in [0.717, 1.165) is 45.3 Å². The molecule has 3 heteroatoms. The van der Waals surface area contributed by atoms with E-state index in [1.807, 2.05) is 6.07 Å². The van der Waals surface area contributed by atoms with Crippen LogP contribution in [0.15, 0.2) is 224 Å². The summed E-state index contributed by atoms with van der Waals surface area (Å²) in [5.41, 5.74) is 17.0. The maximum atomic E-state index is 7.29. The first-order valence-electron chi connectivity index (χ1n) is 21.2. The molecule has 10 aromatic rings. The highest BCUT2D eigenvalue weighted by Crippen LogP contribution is 2.66. The maximum Gasteiger partial charge on any atom is 0.178 e. The Hall–Kier alpha value is -8.14. The van der Waals surface area contributed by atoms with E-state index in [-0.39, 0.29) is 0 Å². The molecule has 0 unspecified atom stereocenters. The second-order valence-electron chi connectivity index (χ2n) is 16.3. The quantitative estimate of drug-likeness (QED) is 0.173. The van der Waals surface area contributed by atoms with Gasteiger partial charge in [0, 0.05) is 27.9 Å². The van der Waals surface area contributed by atoms with Gasteiger partial charge in [-0.1, -0.05) is 182 Å². The molecule has 1 spiro atoms. The van der Waals surface area contributed by atoms with Crippen LogP contribution >= 0.6 is 0 Å². The Morgan fingerprint density at radius 1 is 0.339 bits per heavy atom. The Labute approximate surface area is 360 Å². The fourth-order valence-corrected chi connectivity index (χ4v) is 10.5. The number of fused-ring (bicyclic) bond motifs is 14. The summed E-state index contributed by atoms with van der Waals surface area (Å²) < 4.78 is 14.1. The summed E-state index contributed by atoms with van der Waals surface area (Å²) in [5, 5.41) is 2.37. The number of rotatable bonds is 5. The van der Waals surface area contributed by atoms with Gasteiger partial charge in [0.25, 0.3) is 0 Å². The Morgan fingerprint density at radius 2 is 0.919 bits per heavy atom. The predicted octanol–water partition coefficient (Wildman–Crippen LogP) is 15.9. The third-order valence-electron chi connectivity index (χ3n) is 13.1. The smallest absolute Gasteiger partial charge is 0.178 e. The molecule has 62 heavy (non-hydrogen) atoms. The highest BCUT2D eigenvalue weighted by atomic mass is 16.6. The number of benzene rings is 10. The molecule has 290 valence electrons. The van der Waals surface area contributed by atoms with Crippen LogP contribution in [0, 0.1) is 0 Å². The number of para-hydroxylation sites is 1. The highest BCUT2D eigenvalue weighted by Gasteiger charge is 2.53. The van der Waals surface area contributed by atoms with Gasteiger partial charge in [0.1, 0.15) is 0 Å². The summed E-state index contributed by atoms with van der Waals surface area (Å²) in [5.74, 6) is 2.87. The Balaban J connectivity index is 0.957. The Morgan fingerprint density at radius 3 is 1.71 bits per heavy atom. The largest absolute Gasteiger partial charge is 0.449 e. The van der Waals surface area contributed by atoms with E-state index in [1.165, 1.54) is 60.8 Å². The Bertz CT molecular complexity index is 3370. The first-order valence-corrected chi connectivity index (χ1v) is 21.2. The van der Waals surface area contributed by atoms with Crippen LogP contribution in [0.25, 0.3) is 55.3 Å². The zero-order valence-corrected chi connectivity index (χ0v) is 33.6. The summed E-state index contributed by atoms with van der Waals surface area (Å²) in [6, 6.07) is 80.5. The molecule has 0 saturated carbocycles. The standard InChI is InChI=1S/C59H37NO2/c1-2-15-38(16-3-1)39-31-33-42(34-32-39)60(53-29-13-18-40-17-4-5-21-44(40)53)43-20-12-19-41(37-43)45-25-14-30-54-57(45)62-58-55(61-54)36-35-52-56(58)48-24-8-11-28-51(48)59(52)49-26-9-6-22-46(49)47-23-7-10-27-50(47)59/h1-37H. The zero-order valence-electron chi connectivity index (χ0n) is 33.6. The molecule has 3 aliphatic rings. The van der Waals surface area contributed by atoms with Crippen molar-refractivity contribution >= 4 is 27.8 Å². The van der Waals surface area contributed by atoms with Gasteiger partial charge in [-0.15, -0.1) is 0 Å². The van der Waals surface area contributed by atoms with Crippen LogP contribution in [0.4, 0.5) is 17.1 Å². The summed E-state index contributed by atoms with van der Waals surface area (Å²) in [4.78, 5) is 2.36. The molecule has 0 fully saturated rings. The van der Waals surface area contributed by atoms with Crippen molar-refractivity contribution in [1.29, 1.82) is 0 Å². The fraction of sp³-hybridized carbons (Fsp3) is 0.0169. The molecule has 0 saturated heterocycles. The normalized spacial score (nSPS) is 13.2. The van der Waals surface area contributed by atoms with E-state index < -0.39 is 5.41 Å². The molecule has 1 heterocycles. The first kappa shape index (κ1) is 34.7. The lowest BCUT2D eigenvalue weighted by Crippen LogP contribution is -2.25. The summed E-state index contributed by atoms with van der Waals surface area (Å²) >= 11 is 0. The van der Waals surface area contributed by atoms with Crippen molar-refractivity contribution in [2.45, 2.75) is 5.41 Å². The van der Waals surface area contributed by atoms with Gasteiger partial charge in [0.05, 0.1) is 11.1 Å². The van der Waals surface area contributed by atoms with Crippen molar-refractivity contribution in [3.8, 4) is 67.5 Å². The molecule has 1 aliphatic heterocycles. The van der Waals surface area contributed by atoms with Crippen molar-refractivity contribution in [2.75, 3.05) is 4.90 Å². The van der Waals surface area contributed by atoms with Crippen molar-refractivity contribution in [2.24, 2.45) is 0 Å². The molecule has 0 atom stereocenters. The fourth-order valence-electron chi connectivity index (χ4n) is 10.5. The van der Waals surface area contributed by atoms with Crippen LogP contribution in [0.3, 0.4) is 0 Å². The lowest BCUT2D eigenvalue weighted by molar-refractivity contribution is 0.361. The number of anilines is 3. The van der Waals surface area contributed by atoms with Gasteiger partial charge in [-0.2, -0.15) is 0 Å². The molecular formula is C59H37NO2. The van der Waals surface area contributed by atoms with Gasteiger partial charge >= 0.3 is 0 Å². The van der Waals surface area contributed by atoms with Crippen molar-refractivity contribution in [3.63, 3.8) is 0 Å². The van der Waals surface area contributed by atoms with Crippen molar-refractivity contribution in [1.82, 2.24) is 0 Å². The average molecular weight is 792 g/mol. The van der Waals surface area contributed by atoms with Crippen LogP contribution in [0.2, 0.25) is 0 Å². The van der Waals surface area contributed by atoms with Gasteiger partial charge in [0.15, 0.2) is 23.0 Å². The summed E-state index contributed by atoms with van der Waals surface area (Å²) in [7, 11) is 0. The topological polar surface area (TPSA) is 21.7 Å². The Kier molecular flexibility index (Phi) is 7.52. The molecule has 3 nitrogen and oxygen atoms in total. The molecule has 0 amide bonds. The minimum absolute atomic E-state index is 0.476. The van der Waals surface area contributed by atoms with E-state index >= 15 is 0 Å². The minimum Gasteiger partial charge on any atom is -0.449 e. The predicted molar refractivity (Wildman–Crippen MR) is 252 cm³/mol. The van der Waals surface area contributed by atoms with Gasteiger partial charge in [-0.25, -0.2) is 0 Å². The van der Waals surface area contributed by atoms with E-state index in [1.54, 1.807) is 0 Å². The number of hydrogen-bond donors (Lipinski definition) is 0. The molecule has 0 N–H and O–H groups in total. The van der Waals surface area contributed by atoms with E-state index in [2.05, 4.69) is 223 Å². The van der Waals surface area contributed by atoms with Crippen LogP contribution in [0.1, 0.15) is 22.3 Å². The second kappa shape index (κ2) is 13.4. The molecule has 0 bridgehead atoms. The molecule has 10 aromatic carbocycles. The van der Waals surface area contributed by atoms with E-state index in [4.69, 9.17) is 9.47 Å². The molecule has 13 rings (SSSR count). The van der Waals surface area contributed by atoms with Gasteiger partial charge in [-0.3, -0.25) is 0 Å². The maximum absolute atomic E-state index is 7.29. The lowest BCUT2D eigenvalue weighted by atomic mass is 9.70. The second-order valence-corrected chi connectivity index (χ2v) is 16.3. The zero-order chi connectivity index (χ0) is 40.8.